The number of nitrogens with zero attached hydrogens (tertiary/aromatic N) is 4. The molecule has 3 rings (SSSR count). The summed E-state index contributed by atoms with van der Waals surface area (Å²) in [6.07, 6.45) is 6.24. The molecule has 5 nitrogen and oxygen atoms in total. The third-order valence-corrected chi connectivity index (χ3v) is 4.64. The lowest BCUT2D eigenvalue weighted by atomic mass is 10.0. The van der Waals surface area contributed by atoms with Crippen LogP contribution in [0.25, 0.3) is 0 Å². The highest BCUT2D eigenvalue weighted by molar-refractivity contribution is 7.17. The number of fused-ring (bicyclic) bond motifs is 1. The Bertz CT molecular complexity index is 616. The van der Waals surface area contributed by atoms with E-state index in [1.165, 1.54) is 11.3 Å². The van der Waals surface area contributed by atoms with E-state index >= 15 is 0 Å². The fourth-order valence-electron chi connectivity index (χ4n) is 2.25. The Labute approximate surface area is 115 Å². The molecule has 0 fully saturated rings. The second-order valence-corrected chi connectivity index (χ2v) is 5.84. The van der Waals surface area contributed by atoms with Crippen LogP contribution in [0.15, 0.2) is 12.4 Å². The summed E-state index contributed by atoms with van der Waals surface area (Å²) in [5.41, 5.74) is 0.975. The first-order chi connectivity index (χ1) is 9.15. The Morgan fingerprint density at radius 1 is 1.47 bits per heavy atom. The quantitative estimate of drug-likeness (QED) is 0.860. The van der Waals surface area contributed by atoms with Crippen molar-refractivity contribution in [2.24, 2.45) is 7.05 Å². The third-order valence-electron chi connectivity index (χ3n) is 3.38. The van der Waals surface area contributed by atoms with Crippen LogP contribution in [0.4, 0.5) is 5.13 Å². The number of aromatic nitrogens is 3. The molecule has 0 N–H and O–H groups in total. The number of thiazole rings is 1. The summed E-state index contributed by atoms with van der Waals surface area (Å²) >= 11 is 1.51. The lowest BCUT2D eigenvalue weighted by Crippen LogP contribution is -2.18. The van der Waals surface area contributed by atoms with Gasteiger partial charge in [-0.2, -0.15) is 0 Å². The average molecular weight is 276 g/mol. The van der Waals surface area contributed by atoms with Gasteiger partial charge in [-0.15, -0.1) is 0 Å². The predicted molar refractivity (Wildman–Crippen MR) is 74.7 cm³/mol. The monoisotopic (exact) mass is 276 g/mol. The Balaban J connectivity index is 1.82. The fraction of sp³-hybridized carbons (Fsp3) is 0.462. The molecule has 0 unspecified atom stereocenters. The molecule has 2 aromatic rings. The van der Waals surface area contributed by atoms with E-state index in [0.29, 0.717) is 13.0 Å². The SMILES string of the molecule is CN(Cc1nccn1C)c1nc2c(s1)C(=O)CCC2. The summed E-state index contributed by atoms with van der Waals surface area (Å²) in [5, 5.41) is 0.906. The number of carbonyl (C=O) groups excluding carboxylic acids is 1. The van der Waals surface area contributed by atoms with Gasteiger partial charge in [-0.05, 0) is 12.8 Å². The summed E-state index contributed by atoms with van der Waals surface area (Å²) in [5.74, 6) is 1.23. The number of imidazole rings is 1. The molecule has 0 amide bonds. The van der Waals surface area contributed by atoms with E-state index < -0.39 is 0 Å². The van der Waals surface area contributed by atoms with E-state index in [0.717, 1.165) is 34.4 Å². The Morgan fingerprint density at radius 2 is 2.32 bits per heavy atom. The van der Waals surface area contributed by atoms with Crippen molar-refractivity contribution >= 4 is 22.3 Å². The van der Waals surface area contributed by atoms with Gasteiger partial charge in [0.15, 0.2) is 10.9 Å². The molecule has 1 aliphatic carbocycles. The summed E-state index contributed by atoms with van der Waals surface area (Å²) in [7, 11) is 3.97. The minimum absolute atomic E-state index is 0.246. The van der Waals surface area contributed by atoms with Crippen LogP contribution in [0.5, 0.6) is 0 Å². The molecule has 0 spiro atoms. The second-order valence-electron chi connectivity index (χ2n) is 4.86. The van der Waals surface area contributed by atoms with Crippen molar-refractivity contribution in [2.45, 2.75) is 25.8 Å². The van der Waals surface area contributed by atoms with E-state index in [-0.39, 0.29) is 5.78 Å². The molecule has 0 saturated heterocycles. The first kappa shape index (κ1) is 12.3. The lowest BCUT2D eigenvalue weighted by Gasteiger charge is -2.14. The topological polar surface area (TPSA) is 51.0 Å². The molecule has 2 aromatic heterocycles. The van der Waals surface area contributed by atoms with E-state index in [1.807, 2.05) is 24.9 Å². The summed E-state index contributed by atoms with van der Waals surface area (Å²) in [6.45, 7) is 0.698. The highest BCUT2D eigenvalue weighted by atomic mass is 32.1. The van der Waals surface area contributed by atoms with Crippen molar-refractivity contribution in [3.05, 3.63) is 28.8 Å². The summed E-state index contributed by atoms with van der Waals surface area (Å²) in [6, 6.07) is 0. The Hall–Kier alpha value is -1.69. The Morgan fingerprint density at radius 3 is 3.00 bits per heavy atom. The maximum Gasteiger partial charge on any atom is 0.186 e. The number of hydrogen-bond donors (Lipinski definition) is 0. The normalized spacial score (nSPS) is 14.5. The van der Waals surface area contributed by atoms with Crippen LogP contribution < -0.4 is 4.90 Å². The van der Waals surface area contributed by atoms with E-state index in [9.17, 15) is 4.79 Å². The molecule has 0 atom stereocenters. The second kappa shape index (κ2) is 4.77. The number of rotatable bonds is 3. The van der Waals surface area contributed by atoms with Gasteiger partial charge in [0, 0.05) is 32.9 Å². The first-order valence-corrected chi connectivity index (χ1v) is 7.17. The van der Waals surface area contributed by atoms with Crippen molar-refractivity contribution < 1.29 is 4.79 Å². The molecular weight excluding hydrogens is 260 g/mol. The van der Waals surface area contributed by atoms with Crippen LogP contribution >= 0.6 is 11.3 Å². The first-order valence-electron chi connectivity index (χ1n) is 6.35. The van der Waals surface area contributed by atoms with Crippen LogP contribution in [0.3, 0.4) is 0 Å². The van der Waals surface area contributed by atoms with Crippen molar-refractivity contribution in [3.8, 4) is 0 Å². The molecular formula is C13H16N4OS. The zero-order chi connectivity index (χ0) is 13.4. The number of carbonyl (C=O) groups is 1. The molecule has 6 heteroatoms. The highest BCUT2D eigenvalue weighted by Gasteiger charge is 2.23. The molecule has 19 heavy (non-hydrogen) atoms. The largest absolute Gasteiger partial charge is 0.344 e. The van der Waals surface area contributed by atoms with Gasteiger partial charge < -0.3 is 9.47 Å². The van der Waals surface area contributed by atoms with Crippen molar-refractivity contribution in [3.63, 3.8) is 0 Å². The minimum atomic E-state index is 0.246. The van der Waals surface area contributed by atoms with E-state index in [1.54, 1.807) is 6.20 Å². The van der Waals surface area contributed by atoms with Crippen LogP contribution in [0.2, 0.25) is 0 Å². The molecule has 0 radical (unpaired) electrons. The molecule has 0 aromatic carbocycles. The van der Waals surface area contributed by atoms with Crippen molar-refractivity contribution in [1.82, 2.24) is 14.5 Å². The molecule has 0 saturated carbocycles. The molecule has 1 aliphatic rings. The maximum absolute atomic E-state index is 11.8. The smallest absolute Gasteiger partial charge is 0.186 e. The predicted octanol–water partition coefficient (Wildman–Crippen LogP) is 2.03. The molecule has 0 aliphatic heterocycles. The number of hydrogen-bond acceptors (Lipinski definition) is 5. The van der Waals surface area contributed by atoms with E-state index in [2.05, 4.69) is 14.9 Å². The van der Waals surface area contributed by atoms with Crippen molar-refractivity contribution in [1.29, 1.82) is 0 Å². The number of anilines is 1. The van der Waals surface area contributed by atoms with Gasteiger partial charge in [-0.1, -0.05) is 11.3 Å². The van der Waals surface area contributed by atoms with Gasteiger partial charge in [-0.25, -0.2) is 9.97 Å². The zero-order valence-electron chi connectivity index (χ0n) is 11.1. The molecule has 100 valence electrons. The summed E-state index contributed by atoms with van der Waals surface area (Å²) in [4.78, 5) is 23.6. The van der Waals surface area contributed by atoms with Gasteiger partial charge >= 0.3 is 0 Å². The van der Waals surface area contributed by atoms with Crippen LogP contribution in [-0.4, -0.2) is 27.4 Å². The minimum Gasteiger partial charge on any atom is -0.344 e. The van der Waals surface area contributed by atoms with Gasteiger partial charge in [0.05, 0.1) is 17.1 Å². The fourth-order valence-corrected chi connectivity index (χ4v) is 3.29. The molecule has 0 bridgehead atoms. The van der Waals surface area contributed by atoms with Gasteiger partial charge in [0.25, 0.3) is 0 Å². The van der Waals surface area contributed by atoms with E-state index in [4.69, 9.17) is 0 Å². The molecule has 2 heterocycles. The summed E-state index contributed by atoms with van der Waals surface area (Å²) < 4.78 is 2.00. The Kier molecular flexibility index (Phi) is 3.10. The van der Waals surface area contributed by atoms with Crippen molar-refractivity contribution in [2.75, 3.05) is 11.9 Å². The number of ketones is 1. The zero-order valence-corrected chi connectivity index (χ0v) is 11.9. The van der Waals surface area contributed by atoms with Gasteiger partial charge in [0.2, 0.25) is 0 Å². The third kappa shape index (κ3) is 2.28. The van der Waals surface area contributed by atoms with Gasteiger partial charge in [0.1, 0.15) is 5.82 Å². The standard InChI is InChI=1S/C13H16N4OS/c1-16-7-6-14-11(16)8-17(2)13-15-9-4-3-5-10(18)12(9)19-13/h6-7H,3-5,8H2,1-2H3. The average Bonchev–Trinajstić information content (AvgIpc) is 2.97. The van der Waals surface area contributed by atoms with Crippen LogP contribution in [0, 0.1) is 0 Å². The lowest BCUT2D eigenvalue weighted by molar-refractivity contribution is 0.0976. The number of aryl methyl sites for hydroxylation is 2. The number of Topliss-reactive ketones (excluding diaryl/α,β-unsaturated/α-hetero) is 1. The van der Waals surface area contributed by atoms with Gasteiger partial charge in [-0.3, -0.25) is 4.79 Å². The van der Waals surface area contributed by atoms with Crippen LogP contribution in [0.1, 0.15) is 34.0 Å². The van der Waals surface area contributed by atoms with Crippen LogP contribution in [-0.2, 0) is 20.0 Å². The maximum atomic E-state index is 11.8. The highest BCUT2D eigenvalue weighted by Crippen LogP contribution is 2.31.